The fourth-order valence-electron chi connectivity index (χ4n) is 5.78. The van der Waals surface area contributed by atoms with Gasteiger partial charge in [0.05, 0.1) is 0 Å². The molecule has 0 saturated carbocycles. The van der Waals surface area contributed by atoms with Gasteiger partial charge in [-0.05, 0) is 25.7 Å². The molecule has 0 fully saturated rings. The van der Waals surface area contributed by atoms with E-state index in [-0.39, 0.29) is 36.7 Å². The Bertz CT molecular complexity index is 522. The van der Waals surface area contributed by atoms with E-state index in [4.69, 9.17) is 0 Å². The molecule has 0 aliphatic heterocycles. The van der Waals surface area contributed by atoms with Gasteiger partial charge in [-0.25, -0.2) is 0 Å². The minimum absolute atomic E-state index is 0. The minimum Gasteiger partial charge on any atom is -0.550 e. The first-order valence-electron chi connectivity index (χ1n) is 22.4. The molecule has 0 aliphatic rings. The summed E-state index contributed by atoms with van der Waals surface area (Å²) < 4.78 is 0. The van der Waals surface area contributed by atoms with Crippen LogP contribution < -0.4 is 10.2 Å². The van der Waals surface area contributed by atoms with Gasteiger partial charge in [0.15, 0.2) is 0 Å². The maximum atomic E-state index is 10.2. The van der Waals surface area contributed by atoms with Gasteiger partial charge < -0.3 is 19.8 Å². The molecule has 4 nitrogen and oxygen atoms in total. The molecular weight excluding hydrogens is 735 g/mol. The Morgan fingerprint density at radius 1 is 0.314 bits per heavy atom. The van der Waals surface area contributed by atoms with E-state index in [0.29, 0.717) is 0 Å². The van der Waals surface area contributed by atoms with Crippen LogP contribution in [0, 0.1) is 13.8 Å². The van der Waals surface area contributed by atoms with Crippen LogP contribution in [0.2, 0.25) is 0 Å². The number of rotatable bonds is 36. The Morgan fingerprint density at radius 3 is 0.627 bits per heavy atom. The fraction of sp³-hybridized carbons (Fsp3) is 0.913. The minimum atomic E-state index is -0.905. The zero-order valence-corrected chi connectivity index (χ0v) is 38.3. The Hall–Kier alpha value is -0.261. The average Bonchev–Trinajstić information content (AvgIpc) is 3.10. The monoisotopic (exact) mass is 829 g/mol. The van der Waals surface area contributed by atoms with E-state index < -0.39 is 11.9 Å². The Labute approximate surface area is 339 Å². The molecule has 0 heterocycles. The molecule has 0 rings (SSSR count). The molecule has 0 saturated heterocycles. The summed E-state index contributed by atoms with van der Waals surface area (Å²) in [7, 11) is 0. The summed E-state index contributed by atoms with van der Waals surface area (Å²) in [5, 5.41) is 20.3. The average molecular weight is 828 g/mol. The van der Waals surface area contributed by atoms with Crippen LogP contribution in [0.25, 0.3) is 0 Å². The van der Waals surface area contributed by atoms with Gasteiger partial charge in [-0.3, -0.25) is 0 Å². The van der Waals surface area contributed by atoms with Crippen molar-refractivity contribution in [2.24, 2.45) is 0 Å². The van der Waals surface area contributed by atoms with Gasteiger partial charge in [0, 0.05) is 11.9 Å². The van der Waals surface area contributed by atoms with Crippen molar-refractivity contribution in [2.75, 3.05) is 0 Å². The van der Waals surface area contributed by atoms with E-state index in [0.717, 1.165) is 38.5 Å². The first kappa shape index (κ1) is 60.0. The summed E-state index contributed by atoms with van der Waals surface area (Å²) in [5.74, 6) is -1.81. The Balaban J connectivity index is -0.000000194. The molecule has 0 aromatic heterocycles. The third-order valence-electron chi connectivity index (χ3n) is 9.18. The predicted molar refractivity (Wildman–Crippen MR) is 225 cm³/mol. The van der Waals surface area contributed by atoms with E-state index in [1.807, 2.05) is 0 Å². The van der Waals surface area contributed by atoms with Crippen LogP contribution >= 0.6 is 0 Å². The molecule has 0 aliphatic carbocycles. The maximum absolute atomic E-state index is 10.2. The van der Waals surface area contributed by atoms with E-state index in [1.54, 1.807) is 0 Å². The first-order valence-corrected chi connectivity index (χ1v) is 22.4. The van der Waals surface area contributed by atoms with Crippen LogP contribution in [0.3, 0.4) is 0 Å². The second-order valence-corrected chi connectivity index (χ2v) is 14.6. The van der Waals surface area contributed by atoms with Crippen molar-refractivity contribution in [3.05, 3.63) is 13.8 Å². The molecule has 51 heavy (non-hydrogen) atoms. The molecule has 0 aromatic carbocycles. The number of aliphatic carboxylic acids is 2. The number of carbonyl (C=O) groups excluding carboxylic acids is 2. The van der Waals surface area contributed by atoms with Crippen LogP contribution in [0.1, 0.15) is 272 Å². The van der Waals surface area contributed by atoms with Crippen molar-refractivity contribution in [1.82, 2.24) is 0 Å². The van der Waals surface area contributed by atoms with Crippen LogP contribution in [0.5, 0.6) is 0 Å². The number of hydrogen-bond donors (Lipinski definition) is 0. The van der Waals surface area contributed by atoms with Gasteiger partial charge in [0.2, 0.25) is 0 Å². The van der Waals surface area contributed by atoms with Gasteiger partial charge in [-0.2, -0.15) is 0 Å². The van der Waals surface area contributed by atoms with Crippen LogP contribution in [-0.4, -0.2) is 35.8 Å². The zero-order valence-electron chi connectivity index (χ0n) is 35.4. The van der Waals surface area contributed by atoms with E-state index in [1.165, 1.54) is 193 Å². The van der Waals surface area contributed by atoms with Crippen molar-refractivity contribution in [3.63, 3.8) is 0 Å². The van der Waals surface area contributed by atoms with Gasteiger partial charge in [0.1, 0.15) is 0 Å². The smallest absolute Gasteiger partial charge is 0.550 e. The van der Waals surface area contributed by atoms with Gasteiger partial charge in [-0.1, -0.05) is 260 Å². The Kier molecular flexibility index (Phi) is 72.7. The standard InChI is InChI=1S/2C15H30O2.2C8H17.Sn/c2*1-2-3-4-5-6-7-8-9-10-11-12-13-14-15(16)17;2*1-3-5-7-8-6-4-2;/h2*2-14H2,1H3,(H,16,17);2*1,3-8H2,2H3;/q;;;;+2/p-2. The van der Waals surface area contributed by atoms with Crippen LogP contribution in [0.15, 0.2) is 0 Å². The number of carboxylic acids is 2. The molecule has 5 heteroatoms. The van der Waals surface area contributed by atoms with E-state index in [2.05, 4.69) is 41.5 Å². The molecular formula is C46H92O4Sn. The Morgan fingerprint density at radius 2 is 0.471 bits per heavy atom. The topological polar surface area (TPSA) is 80.3 Å². The summed E-state index contributed by atoms with van der Waals surface area (Å²) >= 11 is 0. The van der Waals surface area contributed by atoms with Crippen molar-refractivity contribution < 1.29 is 19.8 Å². The summed E-state index contributed by atoms with van der Waals surface area (Å²) in [6.07, 6.45) is 46.9. The zero-order chi connectivity index (χ0) is 38.0. The molecule has 0 bridgehead atoms. The van der Waals surface area contributed by atoms with Crippen molar-refractivity contribution in [2.45, 2.75) is 272 Å². The number of unbranched alkanes of at least 4 members (excludes halogenated alkanes) is 32. The third kappa shape index (κ3) is 79.6. The second-order valence-electron chi connectivity index (χ2n) is 14.6. The number of hydrogen-bond acceptors (Lipinski definition) is 4. The molecule has 0 aromatic rings. The van der Waals surface area contributed by atoms with Gasteiger partial charge >= 0.3 is 23.9 Å². The second kappa shape index (κ2) is 61.8. The van der Waals surface area contributed by atoms with Crippen molar-refractivity contribution in [1.29, 1.82) is 0 Å². The number of carbonyl (C=O) groups is 2. The predicted octanol–water partition coefficient (Wildman–Crippen LogP) is 13.6. The molecule has 0 spiro atoms. The largest absolute Gasteiger partial charge is 2.00 e. The summed E-state index contributed by atoms with van der Waals surface area (Å²) in [6.45, 7) is 16.5. The fourth-order valence-corrected chi connectivity index (χ4v) is 5.78. The molecule has 4 radical (unpaired) electrons. The SMILES string of the molecule is CCCCCCCCCCCCCCC(=O)[O-].CCCCCCCCCCCCCCC(=O)[O-].[CH2]CCCCCCC.[CH2]CCCCCCC.[Sn+2]. The molecule has 0 unspecified atom stereocenters. The quantitative estimate of drug-likeness (QED) is 0.0465. The molecule has 0 atom stereocenters. The normalized spacial score (nSPS) is 10.2. The van der Waals surface area contributed by atoms with Crippen LogP contribution in [-0.2, 0) is 9.59 Å². The van der Waals surface area contributed by atoms with E-state index >= 15 is 0 Å². The molecule has 0 N–H and O–H groups in total. The number of carboxylic acid groups (broad SMARTS) is 2. The summed E-state index contributed by atoms with van der Waals surface area (Å²) in [6, 6.07) is 0. The summed E-state index contributed by atoms with van der Waals surface area (Å²) in [4.78, 5) is 20.3. The van der Waals surface area contributed by atoms with Crippen molar-refractivity contribution in [3.8, 4) is 0 Å². The molecule has 0 amide bonds. The maximum Gasteiger partial charge on any atom is 2.00 e. The third-order valence-corrected chi connectivity index (χ3v) is 9.18. The van der Waals surface area contributed by atoms with E-state index in [9.17, 15) is 19.8 Å². The van der Waals surface area contributed by atoms with Gasteiger partial charge in [0.25, 0.3) is 0 Å². The van der Waals surface area contributed by atoms with Gasteiger partial charge in [-0.15, -0.1) is 0 Å². The summed E-state index contributed by atoms with van der Waals surface area (Å²) in [5.41, 5.74) is 0. The molecule has 304 valence electrons. The van der Waals surface area contributed by atoms with Crippen LogP contribution in [0.4, 0.5) is 0 Å². The first-order chi connectivity index (χ1) is 24.4. The van der Waals surface area contributed by atoms with Crippen molar-refractivity contribution >= 4 is 35.8 Å².